The maximum Gasteiger partial charge on any atom is 0.238 e. The third-order valence-corrected chi connectivity index (χ3v) is 4.04. The van der Waals surface area contributed by atoms with Gasteiger partial charge in [0, 0.05) is 32.2 Å². The number of carbonyl (C=O) groups is 1. The summed E-state index contributed by atoms with van der Waals surface area (Å²) in [7, 11) is 0. The quantitative estimate of drug-likeness (QED) is 0.627. The van der Waals surface area contributed by atoms with E-state index in [0.717, 1.165) is 32.7 Å². The molecule has 2 aliphatic heterocycles. The minimum atomic E-state index is -0.0649. The number of piperazine rings is 1. The lowest BCUT2D eigenvalue weighted by atomic mass is 10.1. The predicted molar refractivity (Wildman–Crippen MR) is 72.5 cm³/mol. The van der Waals surface area contributed by atoms with Crippen molar-refractivity contribution in [3.63, 3.8) is 0 Å². The molecule has 2 saturated heterocycles. The standard InChI is InChI=1S/C13H26N4O/c1-3-17-5-4-11(9-17)7-16-13(18)12-8-14-10(2)6-15-12/h10-12,14-15H,3-9H2,1-2H3,(H,16,18). The maximum atomic E-state index is 12.0. The lowest BCUT2D eigenvalue weighted by Crippen LogP contribution is -2.59. The fourth-order valence-electron chi connectivity index (χ4n) is 2.70. The van der Waals surface area contributed by atoms with Crippen LogP contribution in [0.2, 0.25) is 0 Å². The van der Waals surface area contributed by atoms with Crippen molar-refractivity contribution < 1.29 is 4.79 Å². The van der Waals surface area contributed by atoms with Crippen molar-refractivity contribution in [2.45, 2.75) is 32.4 Å². The average Bonchev–Trinajstić information content (AvgIpc) is 2.85. The maximum absolute atomic E-state index is 12.0. The van der Waals surface area contributed by atoms with Crippen LogP contribution in [-0.2, 0) is 4.79 Å². The van der Waals surface area contributed by atoms with Gasteiger partial charge in [0.25, 0.3) is 0 Å². The van der Waals surface area contributed by atoms with Crippen LogP contribution in [0, 0.1) is 5.92 Å². The predicted octanol–water partition coefficient (Wildman–Crippen LogP) is -0.606. The van der Waals surface area contributed by atoms with Gasteiger partial charge < -0.3 is 20.9 Å². The van der Waals surface area contributed by atoms with E-state index in [2.05, 4.69) is 34.7 Å². The molecule has 5 heteroatoms. The second kappa shape index (κ2) is 6.50. The van der Waals surface area contributed by atoms with Gasteiger partial charge in [-0.25, -0.2) is 0 Å². The Labute approximate surface area is 110 Å². The first kappa shape index (κ1) is 13.8. The van der Waals surface area contributed by atoms with Crippen LogP contribution in [0.15, 0.2) is 0 Å². The molecule has 0 aliphatic carbocycles. The summed E-state index contributed by atoms with van der Waals surface area (Å²) in [5.41, 5.74) is 0. The molecule has 18 heavy (non-hydrogen) atoms. The van der Waals surface area contributed by atoms with Gasteiger partial charge in [-0.15, -0.1) is 0 Å². The number of nitrogens with one attached hydrogen (secondary N) is 3. The van der Waals surface area contributed by atoms with E-state index in [1.165, 1.54) is 13.0 Å². The molecule has 0 spiro atoms. The molecule has 2 fully saturated rings. The Bertz CT molecular complexity index is 276. The number of carbonyl (C=O) groups excluding carboxylic acids is 1. The summed E-state index contributed by atoms with van der Waals surface area (Å²) < 4.78 is 0. The summed E-state index contributed by atoms with van der Waals surface area (Å²) in [5, 5.41) is 9.69. The number of hydrogen-bond acceptors (Lipinski definition) is 4. The highest BCUT2D eigenvalue weighted by Gasteiger charge is 2.25. The zero-order valence-corrected chi connectivity index (χ0v) is 11.5. The van der Waals surface area contributed by atoms with Crippen molar-refractivity contribution in [1.82, 2.24) is 20.9 Å². The van der Waals surface area contributed by atoms with Gasteiger partial charge in [0.2, 0.25) is 5.91 Å². The highest BCUT2D eigenvalue weighted by Crippen LogP contribution is 2.14. The Kier molecular flexibility index (Phi) is 4.97. The van der Waals surface area contributed by atoms with Crippen LogP contribution in [0.25, 0.3) is 0 Å². The fourth-order valence-corrected chi connectivity index (χ4v) is 2.70. The SMILES string of the molecule is CCN1CCC(CNC(=O)C2CNC(C)CN2)C1. The molecule has 3 atom stereocenters. The van der Waals surface area contributed by atoms with E-state index >= 15 is 0 Å². The molecule has 2 rings (SSSR count). The molecular formula is C13H26N4O. The lowest BCUT2D eigenvalue weighted by molar-refractivity contribution is -0.123. The van der Waals surface area contributed by atoms with E-state index in [0.29, 0.717) is 12.0 Å². The Morgan fingerprint density at radius 2 is 2.22 bits per heavy atom. The number of rotatable bonds is 4. The minimum absolute atomic E-state index is 0.0649. The normalized spacial score (nSPS) is 33.6. The Hall–Kier alpha value is -0.650. The van der Waals surface area contributed by atoms with Gasteiger partial charge in [-0.3, -0.25) is 4.79 Å². The molecule has 0 bridgehead atoms. The number of hydrogen-bond donors (Lipinski definition) is 3. The first-order chi connectivity index (χ1) is 8.69. The number of nitrogens with zero attached hydrogens (tertiary/aromatic N) is 1. The average molecular weight is 254 g/mol. The molecule has 0 aromatic heterocycles. The third-order valence-electron chi connectivity index (χ3n) is 4.04. The molecule has 1 amide bonds. The molecule has 0 aromatic rings. The molecule has 0 aromatic carbocycles. The van der Waals surface area contributed by atoms with Crippen molar-refractivity contribution in [3.05, 3.63) is 0 Å². The summed E-state index contributed by atoms with van der Waals surface area (Å²) in [6.07, 6.45) is 1.21. The summed E-state index contributed by atoms with van der Waals surface area (Å²) in [6.45, 7) is 10.2. The monoisotopic (exact) mass is 254 g/mol. The van der Waals surface area contributed by atoms with Crippen LogP contribution in [0.3, 0.4) is 0 Å². The molecule has 2 aliphatic rings. The lowest BCUT2D eigenvalue weighted by Gasteiger charge is -2.28. The zero-order chi connectivity index (χ0) is 13.0. The van der Waals surface area contributed by atoms with Crippen LogP contribution < -0.4 is 16.0 Å². The molecular weight excluding hydrogens is 228 g/mol. The van der Waals surface area contributed by atoms with Gasteiger partial charge in [-0.2, -0.15) is 0 Å². The molecule has 3 N–H and O–H groups in total. The van der Waals surface area contributed by atoms with Crippen LogP contribution in [-0.4, -0.2) is 62.2 Å². The van der Waals surface area contributed by atoms with Crippen LogP contribution in [0.5, 0.6) is 0 Å². The summed E-state index contributed by atoms with van der Waals surface area (Å²) in [4.78, 5) is 14.4. The van der Waals surface area contributed by atoms with Crippen molar-refractivity contribution in [2.24, 2.45) is 5.92 Å². The fraction of sp³-hybridized carbons (Fsp3) is 0.923. The van der Waals surface area contributed by atoms with E-state index in [9.17, 15) is 4.79 Å². The first-order valence-corrected chi connectivity index (χ1v) is 7.16. The van der Waals surface area contributed by atoms with Gasteiger partial charge in [-0.1, -0.05) is 6.92 Å². The zero-order valence-electron chi connectivity index (χ0n) is 11.5. The van der Waals surface area contributed by atoms with Crippen molar-refractivity contribution >= 4 is 5.91 Å². The highest BCUT2D eigenvalue weighted by molar-refractivity contribution is 5.82. The van der Waals surface area contributed by atoms with E-state index in [-0.39, 0.29) is 11.9 Å². The first-order valence-electron chi connectivity index (χ1n) is 7.16. The van der Waals surface area contributed by atoms with Crippen LogP contribution in [0.1, 0.15) is 20.3 Å². The van der Waals surface area contributed by atoms with Gasteiger partial charge in [0.15, 0.2) is 0 Å². The largest absolute Gasteiger partial charge is 0.354 e. The van der Waals surface area contributed by atoms with Crippen molar-refractivity contribution in [1.29, 1.82) is 0 Å². The molecule has 0 radical (unpaired) electrons. The Morgan fingerprint density at radius 1 is 1.39 bits per heavy atom. The smallest absolute Gasteiger partial charge is 0.238 e. The molecule has 104 valence electrons. The topological polar surface area (TPSA) is 56.4 Å². The summed E-state index contributed by atoms with van der Waals surface area (Å²) in [6, 6.07) is 0.395. The van der Waals surface area contributed by atoms with E-state index < -0.39 is 0 Å². The van der Waals surface area contributed by atoms with Crippen LogP contribution in [0.4, 0.5) is 0 Å². The minimum Gasteiger partial charge on any atom is -0.354 e. The second-order valence-electron chi connectivity index (χ2n) is 5.56. The van der Waals surface area contributed by atoms with Gasteiger partial charge in [-0.05, 0) is 32.4 Å². The van der Waals surface area contributed by atoms with E-state index in [1.807, 2.05) is 0 Å². The van der Waals surface area contributed by atoms with Crippen molar-refractivity contribution in [2.75, 3.05) is 39.3 Å². The summed E-state index contributed by atoms with van der Waals surface area (Å²) >= 11 is 0. The molecule has 2 heterocycles. The van der Waals surface area contributed by atoms with Crippen molar-refractivity contribution in [3.8, 4) is 0 Å². The molecule has 5 nitrogen and oxygen atoms in total. The molecule has 3 unspecified atom stereocenters. The second-order valence-corrected chi connectivity index (χ2v) is 5.56. The highest BCUT2D eigenvalue weighted by atomic mass is 16.2. The Balaban J connectivity index is 1.66. The third kappa shape index (κ3) is 3.67. The van der Waals surface area contributed by atoms with Gasteiger partial charge >= 0.3 is 0 Å². The Morgan fingerprint density at radius 3 is 2.83 bits per heavy atom. The van der Waals surface area contributed by atoms with Gasteiger partial charge in [0.1, 0.15) is 0 Å². The molecule has 0 saturated carbocycles. The van der Waals surface area contributed by atoms with Gasteiger partial charge in [0.05, 0.1) is 6.04 Å². The van der Waals surface area contributed by atoms with Crippen LogP contribution >= 0.6 is 0 Å². The summed E-state index contributed by atoms with van der Waals surface area (Å²) in [5.74, 6) is 0.772. The number of likely N-dealkylation sites (tertiary alicyclic amines) is 1. The number of amides is 1. The van der Waals surface area contributed by atoms with E-state index in [4.69, 9.17) is 0 Å². The van der Waals surface area contributed by atoms with E-state index in [1.54, 1.807) is 0 Å².